The second-order valence-electron chi connectivity index (χ2n) is 17.5. The summed E-state index contributed by atoms with van der Waals surface area (Å²) in [4.78, 5) is 41.2. The molecule has 2 aliphatic heterocycles. The van der Waals surface area contributed by atoms with Crippen molar-refractivity contribution in [3.63, 3.8) is 0 Å². The molecule has 18 nitrogen and oxygen atoms in total. The number of fused-ring (bicyclic) bond motifs is 7. The van der Waals surface area contributed by atoms with Gasteiger partial charge in [0, 0.05) is 71.1 Å². The number of aromatic nitrogens is 1. The number of hydrogen-bond acceptors (Lipinski definition) is 15. The van der Waals surface area contributed by atoms with E-state index in [9.17, 15) is 33.4 Å². The van der Waals surface area contributed by atoms with E-state index in [0.717, 1.165) is 28.6 Å². The second-order valence-corrected chi connectivity index (χ2v) is 17.9. The van der Waals surface area contributed by atoms with Crippen LogP contribution in [0.3, 0.4) is 0 Å². The minimum atomic E-state index is -1.36. The van der Waals surface area contributed by atoms with E-state index in [0.29, 0.717) is 123 Å². The molecule has 0 fully saturated rings. The van der Waals surface area contributed by atoms with Gasteiger partial charge in [0.2, 0.25) is 11.7 Å². The van der Waals surface area contributed by atoms with Crippen molar-refractivity contribution in [3.8, 4) is 28.7 Å². The first kappa shape index (κ1) is 55.0. The standard InChI is InChI=1S/C55H58F2N4O14S/c56-45-28-35(33-60-50(64)7-3-4-36-34-59-47-6-2-1-5-40(36)47)29-46(57)52(45)74-51(65)14-16-67-18-20-69-22-24-71-26-27-72-25-23-70-21-19-68-17-15-58-54(76)61-37-8-11-42-41(30-37)53(66)75-55(42)43-12-9-38(62)31-48(43)73-49-32-39(63)10-13-44(49)55/h1-2,5-6,8-13,28-32,34,59,62-63H,3-4,7,14-27,33H2,(H,60,64)(H2,58,61,76). The molecule has 0 radical (unpaired) electrons. The normalized spacial score (nSPS) is 12.9. The summed E-state index contributed by atoms with van der Waals surface area (Å²) in [5.41, 5.74) is 3.51. The Hall–Kier alpha value is -7.24. The summed E-state index contributed by atoms with van der Waals surface area (Å²) in [6, 6.07) is 24.4. The van der Waals surface area contributed by atoms with Gasteiger partial charge in [-0.05, 0) is 90.8 Å². The number of ether oxygens (including phenoxy) is 9. The zero-order chi connectivity index (χ0) is 53.3. The number of phenolic OH excluding ortho intramolecular Hbond substituents is 2. The average molecular weight is 1070 g/mol. The lowest BCUT2D eigenvalue weighted by Gasteiger charge is -2.36. The maximum absolute atomic E-state index is 14.7. The highest BCUT2D eigenvalue weighted by Crippen LogP contribution is 2.57. The number of carbonyl (C=O) groups excluding carboxylic acids is 3. The predicted molar refractivity (Wildman–Crippen MR) is 277 cm³/mol. The highest BCUT2D eigenvalue weighted by molar-refractivity contribution is 7.80. The van der Waals surface area contributed by atoms with Crippen molar-refractivity contribution < 1.29 is 76.0 Å². The van der Waals surface area contributed by atoms with Gasteiger partial charge in [-0.15, -0.1) is 0 Å². The van der Waals surface area contributed by atoms with E-state index < -0.39 is 34.9 Å². The Kier molecular flexibility index (Phi) is 19.5. The average Bonchev–Trinajstić information content (AvgIpc) is 4.04. The van der Waals surface area contributed by atoms with Gasteiger partial charge in [0.25, 0.3) is 0 Å². The number of halogens is 2. The van der Waals surface area contributed by atoms with E-state index >= 15 is 0 Å². The third-order valence-corrected chi connectivity index (χ3v) is 12.4. The number of rotatable bonds is 29. The Labute approximate surface area is 441 Å². The van der Waals surface area contributed by atoms with Crippen LogP contribution < -0.4 is 25.4 Å². The summed E-state index contributed by atoms with van der Waals surface area (Å²) in [7, 11) is 0. The molecule has 21 heteroatoms. The van der Waals surface area contributed by atoms with Crippen LogP contribution in [0, 0.1) is 11.6 Å². The van der Waals surface area contributed by atoms with Gasteiger partial charge < -0.3 is 73.8 Å². The number of amides is 1. The van der Waals surface area contributed by atoms with Gasteiger partial charge in [-0.3, -0.25) is 9.59 Å². The molecule has 6 N–H and O–H groups in total. The van der Waals surface area contributed by atoms with Crippen LogP contribution in [-0.2, 0) is 61.3 Å². The first-order valence-corrected chi connectivity index (χ1v) is 25.1. The minimum absolute atomic E-state index is 0.0268. The highest BCUT2D eigenvalue weighted by atomic mass is 32.1. The molecule has 0 aliphatic carbocycles. The fourth-order valence-corrected chi connectivity index (χ4v) is 8.82. The number of thiocarbonyl (C=S) groups is 1. The van der Waals surface area contributed by atoms with Crippen molar-refractivity contribution in [1.82, 2.24) is 15.6 Å². The molecule has 0 bridgehead atoms. The zero-order valence-electron chi connectivity index (χ0n) is 41.4. The number of anilines is 1. The maximum atomic E-state index is 14.7. The Balaban J connectivity index is 0.586. The van der Waals surface area contributed by atoms with Crippen molar-refractivity contribution >= 4 is 51.8 Å². The monoisotopic (exact) mass is 1070 g/mol. The molecule has 1 aromatic heterocycles. The van der Waals surface area contributed by atoms with Gasteiger partial charge in [-0.25, -0.2) is 13.6 Å². The molecule has 3 heterocycles. The van der Waals surface area contributed by atoms with Crippen molar-refractivity contribution in [1.29, 1.82) is 0 Å². The molecule has 0 saturated heterocycles. The smallest absolute Gasteiger partial charge is 0.340 e. The second kappa shape index (κ2) is 27.0. The van der Waals surface area contributed by atoms with Gasteiger partial charge in [0.1, 0.15) is 23.0 Å². The number of phenols is 2. The van der Waals surface area contributed by atoms with E-state index in [1.165, 1.54) is 24.3 Å². The lowest BCUT2D eigenvalue weighted by molar-refractivity contribution is -0.136. The third-order valence-electron chi connectivity index (χ3n) is 12.2. The number of H-pyrrole nitrogens is 1. The number of hydrogen-bond donors (Lipinski definition) is 6. The summed E-state index contributed by atoms with van der Waals surface area (Å²) in [5.74, 6) is -4.05. The largest absolute Gasteiger partial charge is 0.508 e. The number of aromatic hydroxyl groups is 2. The van der Waals surface area contributed by atoms with Crippen molar-refractivity contribution in [2.75, 3.05) is 91.1 Å². The van der Waals surface area contributed by atoms with E-state index in [2.05, 4.69) is 20.9 Å². The first-order valence-electron chi connectivity index (χ1n) is 24.7. The van der Waals surface area contributed by atoms with Crippen LogP contribution in [0.15, 0.2) is 97.2 Å². The van der Waals surface area contributed by atoms with Gasteiger partial charge >= 0.3 is 11.9 Å². The molecule has 76 heavy (non-hydrogen) atoms. The Morgan fingerprint density at radius 2 is 1.25 bits per heavy atom. The van der Waals surface area contributed by atoms with Crippen LogP contribution in [0.25, 0.3) is 10.9 Å². The molecule has 0 unspecified atom stereocenters. The fraction of sp³-hybridized carbons (Fsp3) is 0.345. The molecule has 1 amide bonds. The van der Waals surface area contributed by atoms with Crippen LogP contribution in [0.4, 0.5) is 14.5 Å². The summed E-state index contributed by atoms with van der Waals surface area (Å²) < 4.78 is 79.4. The van der Waals surface area contributed by atoms with Crippen LogP contribution in [0.2, 0.25) is 0 Å². The van der Waals surface area contributed by atoms with Crippen molar-refractivity contribution in [2.24, 2.45) is 0 Å². The number of para-hydroxylation sites is 1. The lowest BCUT2D eigenvalue weighted by atomic mass is 9.77. The summed E-state index contributed by atoms with van der Waals surface area (Å²) >= 11 is 5.47. The van der Waals surface area contributed by atoms with Gasteiger partial charge in [-0.1, -0.05) is 24.3 Å². The molecule has 5 aromatic carbocycles. The van der Waals surface area contributed by atoms with Crippen LogP contribution in [0.1, 0.15) is 57.4 Å². The molecular weight excluding hydrogens is 1010 g/mol. The molecule has 8 rings (SSSR count). The molecule has 6 aromatic rings. The van der Waals surface area contributed by atoms with E-state index in [-0.39, 0.29) is 62.2 Å². The van der Waals surface area contributed by atoms with Gasteiger partial charge in [0.05, 0.1) is 91.3 Å². The molecule has 2 aliphatic rings. The number of aryl methyl sites for hydroxylation is 1. The number of aromatic amines is 1. The van der Waals surface area contributed by atoms with Gasteiger partial charge in [0.15, 0.2) is 22.3 Å². The highest BCUT2D eigenvalue weighted by Gasteiger charge is 2.53. The van der Waals surface area contributed by atoms with E-state index in [1.54, 1.807) is 30.3 Å². The van der Waals surface area contributed by atoms with Crippen LogP contribution >= 0.6 is 12.2 Å². The predicted octanol–water partition coefficient (Wildman–Crippen LogP) is 7.45. The topological polar surface area (TPSA) is 227 Å². The van der Waals surface area contributed by atoms with E-state index in [1.807, 2.05) is 30.5 Å². The Morgan fingerprint density at radius 1 is 0.671 bits per heavy atom. The first-order chi connectivity index (χ1) is 37.0. The van der Waals surface area contributed by atoms with E-state index in [4.69, 9.17) is 54.8 Å². The molecule has 0 atom stereocenters. The van der Waals surface area contributed by atoms with Crippen LogP contribution in [0.5, 0.6) is 28.7 Å². The van der Waals surface area contributed by atoms with Crippen LogP contribution in [-0.4, -0.2) is 124 Å². The number of carbonyl (C=O) groups is 3. The quantitative estimate of drug-likeness (QED) is 0.0116. The third kappa shape index (κ3) is 14.4. The summed E-state index contributed by atoms with van der Waals surface area (Å²) in [6.45, 7) is 3.97. The Bertz CT molecular complexity index is 2920. The zero-order valence-corrected chi connectivity index (χ0v) is 42.2. The number of nitrogens with one attached hydrogen (secondary N) is 4. The molecule has 402 valence electrons. The SMILES string of the molecule is O=C(CCCc1c[nH]c2ccccc12)NCc1cc(F)c(OC(=O)CCOCCOCCOCCOCCOCCOCCNC(=S)Nc2ccc3c(c2)C(=O)OC32c3ccc(O)cc3Oc3cc(O)ccc32)c(F)c1. The lowest BCUT2D eigenvalue weighted by Crippen LogP contribution is -2.33. The molecular formula is C55H58F2N4O14S. The van der Waals surface area contributed by atoms with Crippen molar-refractivity contribution in [2.45, 2.75) is 37.8 Å². The number of benzene rings is 5. The summed E-state index contributed by atoms with van der Waals surface area (Å²) in [5, 5.41) is 30.6. The maximum Gasteiger partial charge on any atom is 0.340 e. The molecule has 1 spiro atoms. The van der Waals surface area contributed by atoms with Crippen molar-refractivity contribution in [3.05, 3.63) is 142 Å². The van der Waals surface area contributed by atoms with Gasteiger partial charge in [-0.2, -0.15) is 0 Å². The number of esters is 2. The molecule has 0 saturated carbocycles. The Morgan fingerprint density at radius 3 is 1.88 bits per heavy atom. The fourth-order valence-electron chi connectivity index (χ4n) is 8.60. The minimum Gasteiger partial charge on any atom is -0.508 e. The summed E-state index contributed by atoms with van der Waals surface area (Å²) in [6.07, 6.45) is 3.26.